The first-order valence-electron chi connectivity index (χ1n) is 6.60. The molecule has 1 unspecified atom stereocenters. The van der Waals surface area contributed by atoms with Gasteiger partial charge in [-0.3, -0.25) is 0 Å². The van der Waals surface area contributed by atoms with Crippen LogP contribution < -0.4 is 15.2 Å². The van der Waals surface area contributed by atoms with Gasteiger partial charge in [0, 0.05) is 18.6 Å². The van der Waals surface area contributed by atoms with Crippen LogP contribution in [0, 0.1) is 5.92 Å². The van der Waals surface area contributed by atoms with E-state index in [0.717, 1.165) is 19.6 Å². The number of nitrogen functional groups attached to an aromatic ring is 1. The van der Waals surface area contributed by atoms with Crippen molar-refractivity contribution in [2.75, 3.05) is 25.6 Å². The molecule has 0 amide bonds. The zero-order valence-electron chi connectivity index (χ0n) is 11.8. The SMILES string of the molecule is CC(C)(C)Oc1nc(OCC2CCOC2)ccc1N. The van der Waals surface area contributed by atoms with Crippen LogP contribution in [0.2, 0.25) is 0 Å². The molecule has 1 aromatic rings. The van der Waals surface area contributed by atoms with Gasteiger partial charge < -0.3 is 19.9 Å². The molecule has 1 fully saturated rings. The van der Waals surface area contributed by atoms with Gasteiger partial charge in [0.2, 0.25) is 11.8 Å². The van der Waals surface area contributed by atoms with E-state index in [0.29, 0.717) is 30.0 Å². The van der Waals surface area contributed by atoms with Gasteiger partial charge in [0.15, 0.2) is 0 Å². The molecule has 2 rings (SSSR count). The van der Waals surface area contributed by atoms with Gasteiger partial charge in [-0.25, -0.2) is 0 Å². The van der Waals surface area contributed by atoms with Crippen molar-refractivity contribution >= 4 is 5.69 Å². The van der Waals surface area contributed by atoms with Crippen LogP contribution in [0.1, 0.15) is 27.2 Å². The van der Waals surface area contributed by atoms with E-state index in [9.17, 15) is 0 Å². The topological polar surface area (TPSA) is 66.6 Å². The Hall–Kier alpha value is -1.49. The van der Waals surface area contributed by atoms with Crippen LogP contribution in [-0.4, -0.2) is 30.4 Å². The van der Waals surface area contributed by atoms with E-state index < -0.39 is 0 Å². The average Bonchev–Trinajstić information content (AvgIpc) is 2.81. The molecular formula is C14H22N2O3. The molecule has 1 atom stereocenters. The lowest BCUT2D eigenvalue weighted by Gasteiger charge is -2.21. The lowest BCUT2D eigenvalue weighted by atomic mass is 10.1. The minimum Gasteiger partial charge on any atom is -0.477 e. The number of nitrogens with two attached hydrogens (primary N) is 1. The molecule has 5 heteroatoms. The molecule has 0 aliphatic carbocycles. The van der Waals surface area contributed by atoms with E-state index in [1.165, 1.54) is 0 Å². The summed E-state index contributed by atoms with van der Waals surface area (Å²) in [6.07, 6.45) is 1.04. The van der Waals surface area contributed by atoms with Crippen LogP contribution >= 0.6 is 0 Å². The number of hydrogen-bond donors (Lipinski definition) is 1. The van der Waals surface area contributed by atoms with Crippen LogP contribution in [0.4, 0.5) is 5.69 Å². The summed E-state index contributed by atoms with van der Waals surface area (Å²) in [6, 6.07) is 3.52. The number of pyridine rings is 1. The summed E-state index contributed by atoms with van der Waals surface area (Å²) in [5, 5.41) is 0. The number of nitrogens with zero attached hydrogens (tertiary/aromatic N) is 1. The molecule has 5 nitrogen and oxygen atoms in total. The summed E-state index contributed by atoms with van der Waals surface area (Å²) in [5.41, 5.74) is 6.04. The third kappa shape index (κ3) is 4.28. The fourth-order valence-corrected chi connectivity index (χ4v) is 1.80. The Morgan fingerprint density at radius 1 is 1.42 bits per heavy atom. The van der Waals surface area contributed by atoms with E-state index in [4.69, 9.17) is 19.9 Å². The molecule has 1 aromatic heterocycles. The smallest absolute Gasteiger partial charge is 0.241 e. The van der Waals surface area contributed by atoms with Gasteiger partial charge in [0.05, 0.1) is 18.9 Å². The molecule has 1 saturated heterocycles. The van der Waals surface area contributed by atoms with Gasteiger partial charge in [-0.15, -0.1) is 0 Å². The summed E-state index contributed by atoms with van der Waals surface area (Å²) in [6.45, 7) is 8.07. The second kappa shape index (κ2) is 5.65. The van der Waals surface area contributed by atoms with Crippen molar-refractivity contribution in [3.63, 3.8) is 0 Å². The molecular weight excluding hydrogens is 244 g/mol. The zero-order chi connectivity index (χ0) is 13.9. The first kappa shape index (κ1) is 13.9. The first-order chi connectivity index (χ1) is 8.94. The van der Waals surface area contributed by atoms with E-state index in [-0.39, 0.29) is 5.60 Å². The van der Waals surface area contributed by atoms with Crippen molar-refractivity contribution in [1.29, 1.82) is 0 Å². The number of anilines is 1. The normalized spacial score (nSPS) is 19.4. The highest BCUT2D eigenvalue weighted by molar-refractivity contribution is 5.49. The highest BCUT2D eigenvalue weighted by atomic mass is 16.5. The van der Waals surface area contributed by atoms with Crippen molar-refractivity contribution in [2.24, 2.45) is 5.92 Å². The quantitative estimate of drug-likeness (QED) is 0.905. The maximum absolute atomic E-state index is 5.85. The van der Waals surface area contributed by atoms with Crippen LogP contribution in [0.25, 0.3) is 0 Å². The Kier molecular flexibility index (Phi) is 4.14. The fraction of sp³-hybridized carbons (Fsp3) is 0.643. The summed E-state index contributed by atoms with van der Waals surface area (Å²) < 4.78 is 16.7. The number of hydrogen-bond acceptors (Lipinski definition) is 5. The summed E-state index contributed by atoms with van der Waals surface area (Å²) >= 11 is 0. The molecule has 0 saturated carbocycles. The molecule has 1 aliphatic rings. The van der Waals surface area contributed by atoms with Gasteiger partial charge in [0.25, 0.3) is 0 Å². The van der Waals surface area contributed by atoms with Crippen LogP contribution in [0.15, 0.2) is 12.1 Å². The zero-order valence-corrected chi connectivity index (χ0v) is 11.8. The first-order valence-corrected chi connectivity index (χ1v) is 6.60. The lowest BCUT2D eigenvalue weighted by molar-refractivity contribution is 0.122. The fourth-order valence-electron chi connectivity index (χ4n) is 1.80. The Balaban J connectivity index is 1.99. The lowest BCUT2D eigenvalue weighted by Crippen LogP contribution is -2.24. The van der Waals surface area contributed by atoms with Gasteiger partial charge in [-0.1, -0.05) is 0 Å². The van der Waals surface area contributed by atoms with E-state index >= 15 is 0 Å². The standard InChI is InChI=1S/C14H22N2O3/c1-14(2,3)19-13-11(15)4-5-12(16-13)18-9-10-6-7-17-8-10/h4-5,10H,6-9,15H2,1-3H3. The number of aromatic nitrogens is 1. The Morgan fingerprint density at radius 3 is 2.84 bits per heavy atom. The maximum Gasteiger partial charge on any atom is 0.241 e. The predicted molar refractivity (Wildman–Crippen MR) is 73.5 cm³/mol. The van der Waals surface area contributed by atoms with E-state index in [1.54, 1.807) is 12.1 Å². The maximum atomic E-state index is 5.85. The van der Waals surface area contributed by atoms with Crippen molar-refractivity contribution in [3.8, 4) is 11.8 Å². The molecule has 2 heterocycles. The van der Waals surface area contributed by atoms with Crippen molar-refractivity contribution < 1.29 is 14.2 Å². The van der Waals surface area contributed by atoms with E-state index in [1.807, 2.05) is 20.8 Å². The van der Waals surface area contributed by atoms with Crippen LogP contribution in [0.3, 0.4) is 0 Å². The van der Waals surface area contributed by atoms with Crippen molar-refractivity contribution in [3.05, 3.63) is 12.1 Å². The van der Waals surface area contributed by atoms with E-state index in [2.05, 4.69) is 4.98 Å². The minimum atomic E-state index is -0.334. The van der Waals surface area contributed by atoms with Crippen molar-refractivity contribution in [2.45, 2.75) is 32.8 Å². The third-order valence-electron chi connectivity index (χ3n) is 2.76. The van der Waals surface area contributed by atoms with Crippen LogP contribution in [-0.2, 0) is 4.74 Å². The summed E-state index contributed by atoms with van der Waals surface area (Å²) in [5.74, 6) is 1.42. The average molecular weight is 266 g/mol. The van der Waals surface area contributed by atoms with Gasteiger partial charge >= 0.3 is 0 Å². The Bertz CT molecular complexity index is 423. The Morgan fingerprint density at radius 2 is 2.21 bits per heavy atom. The molecule has 106 valence electrons. The highest BCUT2D eigenvalue weighted by Gasteiger charge is 2.18. The number of ether oxygens (including phenoxy) is 3. The van der Waals surface area contributed by atoms with Crippen LogP contribution in [0.5, 0.6) is 11.8 Å². The largest absolute Gasteiger partial charge is 0.477 e. The molecule has 0 spiro atoms. The second-order valence-electron chi connectivity index (χ2n) is 5.80. The predicted octanol–water partition coefficient (Wildman–Crippen LogP) is 2.26. The monoisotopic (exact) mass is 266 g/mol. The van der Waals surface area contributed by atoms with Gasteiger partial charge in [0.1, 0.15) is 5.60 Å². The van der Waals surface area contributed by atoms with Gasteiger partial charge in [-0.2, -0.15) is 4.98 Å². The number of rotatable bonds is 4. The molecule has 0 aromatic carbocycles. The Labute approximate surface area is 114 Å². The molecule has 1 aliphatic heterocycles. The van der Waals surface area contributed by atoms with Crippen molar-refractivity contribution in [1.82, 2.24) is 4.98 Å². The van der Waals surface area contributed by atoms with Gasteiger partial charge in [-0.05, 0) is 33.3 Å². The summed E-state index contributed by atoms with van der Waals surface area (Å²) in [7, 11) is 0. The highest BCUT2D eigenvalue weighted by Crippen LogP contribution is 2.26. The molecule has 2 N–H and O–H groups in total. The third-order valence-corrected chi connectivity index (χ3v) is 2.76. The molecule has 0 radical (unpaired) electrons. The summed E-state index contributed by atoms with van der Waals surface area (Å²) in [4.78, 5) is 4.31. The molecule has 0 bridgehead atoms. The second-order valence-corrected chi connectivity index (χ2v) is 5.80. The molecule has 19 heavy (non-hydrogen) atoms. The minimum absolute atomic E-state index is 0.334.